The Hall–Kier alpha value is -1.02. The Bertz CT molecular complexity index is 623. The molecule has 2 aliphatic heterocycles. The predicted molar refractivity (Wildman–Crippen MR) is 97.5 cm³/mol. The molecule has 25 heavy (non-hydrogen) atoms. The van der Waals surface area contributed by atoms with Crippen LogP contribution in [0.3, 0.4) is 0 Å². The van der Waals surface area contributed by atoms with Gasteiger partial charge in [0.15, 0.2) is 0 Å². The molecule has 1 N–H and O–H groups in total. The normalized spacial score (nSPS) is 29.7. The Morgan fingerprint density at radius 3 is 2.76 bits per heavy atom. The summed E-state index contributed by atoms with van der Waals surface area (Å²) < 4.78 is 6.16. The van der Waals surface area contributed by atoms with Crippen LogP contribution in [-0.2, 0) is 16.1 Å². The molecule has 2 aliphatic rings. The van der Waals surface area contributed by atoms with Crippen LogP contribution in [0.4, 0.5) is 0 Å². The van der Waals surface area contributed by atoms with Crippen molar-refractivity contribution in [2.24, 2.45) is 0 Å². The maximum Gasteiger partial charge on any atom is 0.219 e. The van der Waals surface area contributed by atoms with Crippen molar-refractivity contribution in [3.63, 3.8) is 0 Å². The molecule has 0 aliphatic carbocycles. The van der Waals surface area contributed by atoms with E-state index in [2.05, 4.69) is 16.8 Å². The second kappa shape index (κ2) is 6.95. The number of hydrogen-bond donors (Lipinski definition) is 1. The van der Waals surface area contributed by atoms with Crippen LogP contribution < -0.4 is 0 Å². The molecule has 3 rings (SSSR count). The van der Waals surface area contributed by atoms with Gasteiger partial charge in [-0.05, 0) is 33.1 Å². The van der Waals surface area contributed by atoms with Crippen LogP contribution in [0.25, 0.3) is 0 Å². The van der Waals surface area contributed by atoms with Gasteiger partial charge in [-0.25, -0.2) is 4.98 Å². The lowest BCUT2D eigenvalue weighted by Crippen LogP contribution is -2.63. The molecule has 0 radical (unpaired) electrons. The number of likely N-dealkylation sites (tertiary alicyclic amines) is 1. The van der Waals surface area contributed by atoms with Crippen LogP contribution >= 0.6 is 11.3 Å². The van der Waals surface area contributed by atoms with Gasteiger partial charge in [0, 0.05) is 38.5 Å². The third kappa shape index (κ3) is 3.89. The number of hydrogen-bond acceptors (Lipinski definition) is 6. The van der Waals surface area contributed by atoms with E-state index in [-0.39, 0.29) is 24.2 Å². The third-order valence-corrected chi connectivity index (χ3v) is 6.82. The van der Waals surface area contributed by atoms with E-state index in [4.69, 9.17) is 4.74 Å². The molecule has 1 aromatic heterocycles. The molecule has 0 bridgehead atoms. The van der Waals surface area contributed by atoms with Gasteiger partial charge in [-0.15, -0.1) is 11.3 Å². The molecule has 1 aromatic rings. The number of aromatic nitrogens is 1. The van der Waals surface area contributed by atoms with Crippen molar-refractivity contribution in [3.8, 4) is 0 Å². The first kappa shape index (κ1) is 18.8. The van der Waals surface area contributed by atoms with Crippen molar-refractivity contribution in [3.05, 3.63) is 16.1 Å². The van der Waals surface area contributed by atoms with E-state index in [0.717, 1.165) is 38.2 Å². The molecule has 1 amide bonds. The number of piperidine rings is 1. The summed E-state index contributed by atoms with van der Waals surface area (Å²) in [6, 6.07) is -0.200. The van der Waals surface area contributed by atoms with Gasteiger partial charge >= 0.3 is 0 Å². The average Bonchev–Trinajstić information content (AvgIpc) is 2.96. The quantitative estimate of drug-likeness (QED) is 0.883. The minimum atomic E-state index is -0.997. The largest absolute Gasteiger partial charge is 0.386 e. The fourth-order valence-electron chi connectivity index (χ4n) is 3.95. The summed E-state index contributed by atoms with van der Waals surface area (Å²) in [4.78, 5) is 21.6. The van der Waals surface area contributed by atoms with Gasteiger partial charge in [-0.3, -0.25) is 9.69 Å². The number of carbonyl (C=O) groups excluding carboxylic acids is 1. The maximum atomic E-state index is 11.8. The van der Waals surface area contributed by atoms with Gasteiger partial charge in [-0.2, -0.15) is 0 Å². The van der Waals surface area contributed by atoms with Crippen LogP contribution in [0.5, 0.6) is 0 Å². The number of aliphatic hydroxyl groups is 1. The van der Waals surface area contributed by atoms with Crippen molar-refractivity contribution in [2.45, 2.75) is 63.8 Å². The minimum Gasteiger partial charge on any atom is -0.386 e. The number of rotatable bonds is 3. The zero-order valence-electron chi connectivity index (χ0n) is 15.6. The van der Waals surface area contributed by atoms with Gasteiger partial charge in [0.05, 0.1) is 29.5 Å². The highest BCUT2D eigenvalue weighted by Gasteiger charge is 2.50. The molecular formula is C18H29N3O3S. The summed E-state index contributed by atoms with van der Waals surface area (Å²) in [5.41, 5.74) is 1.81. The van der Waals surface area contributed by atoms with E-state index in [1.54, 1.807) is 37.1 Å². The number of aryl methyl sites for hydroxylation is 1. The summed E-state index contributed by atoms with van der Waals surface area (Å²) in [6.45, 7) is 8.55. The Kier molecular flexibility index (Phi) is 5.21. The van der Waals surface area contributed by atoms with E-state index >= 15 is 0 Å². The summed E-state index contributed by atoms with van der Waals surface area (Å²) in [5.74, 6) is -0.0135. The fraction of sp³-hybridized carbons (Fsp3) is 0.778. The van der Waals surface area contributed by atoms with Crippen LogP contribution in [0.2, 0.25) is 0 Å². The molecule has 3 heterocycles. The Morgan fingerprint density at radius 2 is 2.20 bits per heavy atom. The van der Waals surface area contributed by atoms with Gasteiger partial charge in [0.25, 0.3) is 0 Å². The topological polar surface area (TPSA) is 65.9 Å². The van der Waals surface area contributed by atoms with Gasteiger partial charge < -0.3 is 14.7 Å². The lowest BCUT2D eigenvalue weighted by Gasteiger charge is -2.52. The van der Waals surface area contributed by atoms with E-state index in [0.29, 0.717) is 6.42 Å². The van der Waals surface area contributed by atoms with Crippen molar-refractivity contribution in [2.75, 3.05) is 26.7 Å². The molecule has 6 nitrogen and oxygen atoms in total. The SMILES string of the molecule is CC(=O)N(C)[C@H]1CC2(CCN(Cc3scnc3C)CC2)OC[C@]1(C)O. The molecule has 2 fully saturated rings. The Labute approximate surface area is 153 Å². The average molecular weight is 368 g/mol. The summed E-state index contributed by atoms with van der Waals surface area (Å²) in [5, 5.41) is 10.7. The molecule has 140 valence electrons. The van der Waals surface area contributed by atoms with Crippen molar-refractivity contribution in [1.82, 2.24) is 14.8 Å². The monoisotopic (exact) mass is 367 g/mol. The van der Waals surface area contributed by atoms with Crippen LogP contribution in [0, 0.1) is 6.92 Å². The van der Waals surface area contributed by atoms with Gasteiger partial charge in [0.1, 0.15) is 5.60 Å². The second-order valence-corrected chi connectivity index (χ2v) is 8.76. The predicted octanol–water partition coefficient (Wildman–Crippen LogP) is 1.80. The van der Waals surface area contributed by atoms with E-state index in [1.165, 1.54) is 4.88 Å². The zero-order chi connectivity index (χ0) is 18.2. The van der Waals surface area contributed by atoms with Gasteiger partial charge in [-0.1, -0.05) is 0 Å². The van der Waals surface area contributed by atoms with E-state index in [1.807, 2.05) is 5.51 Å². The lowest BCUT2D eigenvalue weighted by atomic mass is 9.77. The van der Waals surface area contributed by atoms with E-state index < -0.39 is 5.60 Å². The summed E-state index contributed by atoms with van der Waals surface area (Å²) in [7, 11) is 1.78. The van der Waals surface area contributed by atoms with Crippen LogP contribution in [0.1, 0.15) is 43.7 Å². The first-order chi connectivity index (χ1) is 11.7. The van der Waals surface area contributed by atoms with Gasteiger partial charge in [0.2, 0.25) is 5.91 Å². The number of carbonyl (C=O) groups is 1. The molecule has 0 aromatic carbocycles. The summed E-state index contributed by atoms with van der Waals surface area (Å²) >= 11 is 1.72. The number of ether oxygens (including phenoxy) is 1. The smallest absolute Gasteiger partial charge is 0.219 e. The van der Waals surface area contributed by atoms with Crippen LogP contribution in [0.15, 0.2) is 5.51 Å². The van der Waals surface area contributed by atoms with Crippen LogP contribution in [-0.4, -0.2) is 69.8 Å². The standard InChI is InChI=1S/C18H29N3O3S/c1-13-15(25-12-19-13)10-21-7-5-18(6-8-21)9-16(20(4)14(2)22)17(3,23)11-24-18/h12,16,23H,5-11H2,1-4H3/t16-,17-/m0/s1. The number of amides is 1. The number of thiazole rings is 1. The summed E-state index contributed by atoms with van der Waals surface area (Å²) in [6.07, 6.45) is 2.57. The highest BCUT2D eigenvalue weighted by molar-refractivity contribution is 7.09. The molecular weight excluding hydrogens is 338 g/mol. The minimum absolute atomic E-state index is 0.0135. The first-order valence-electron chi connectivity index (χ1n) is 8.93. The number of likely N-dealkylation sites (N-methyl/N-ethyl adjacent to an activating group) is 1. The molecule has 1 spiro atoms. The van der Waals surface area contributed by atoms with Crippen molar-refractivity contribution >= 4 is 17.2 Å². The Balaban J connectivity index is 1.64. The molecule has 7 heteroatoms. The lowest BCUT2D eigenvalue weighted by molar-refractivity contribution is -0.209. The zero-order valence-corrected chi connectivity index (χ0v) is 16.4. The third-order valence-electron chi connectivity index (χ3n) is 5.90. The molecule has 0 saturated carbocycles. The molecule has 2 saturated heterocycles. The highest BCUT2D eigenvalue weighted by atomic mass is 32.1. The molecule has 0 unspecified atom stereocenters. The van der Waals surface area contributed by atoms with Crippen molar-refractivity contribution < 1.29 is 14.6 Å². The number of nitrogens with zero attached hydrogens (tertiary/aromatic N) is 3. The molecule has 2 atom stereocenters. The Morgan fingerprint density at radius 1 is 1.52 bits per heavy atom. The van der Waals surface area contributed by atoms with E-state index in [9.17, 15) is 9.90 Å². The highest BCUT2D eigenvalue weighted by Crippen LogP contribution is 2.40. The van der Waals surface area contributed by atoms with Crippen molar-refractivity contribution in [1.29, 1.82) is 0 Å². The fourth-order valence-corrected chi connectivity index (χ4v) is 4.77. The first-order valence-corrected chi connectivity index (χ1v) is 9.81. The maximum absolute atomic E-state index is 11.8. The second-order valence-electron chi connectivity index (χ2n) is 7.82.